The molecule has 1 aromatic rings. The Bertz CT molecular complexity index is 735. The molecule has 158 valence electrons. The van der Waals surface area contributed by atoms with E-state index < -0.39 is 0 Å². The van der Waals surface area contributed by atoms with Crippen LogP contribution in [0.2, 0.25) is 0 Å². The lowest BCUT2D eigenvalue weighted by Gasteiger charge is -2.27. The van der Waals surface area contributed by atoms with E-state index in [1.54, 1.807) is 25.1 Å². The summed E-state index contributed by atoms with van der Waals surface area (Å²) >= 11 is 1.76. The fourth-order valence-electron chi connectivity index (χ4n) is 3.05. The van der Waals surface area contributed by atoms with Gasteiger partial charge >= 0.3 is 0 Å². The smallest absolute Gasteiger partial charge is 0.0959 e. The first kappa shape index (κ1) is 23.0. The van der Waals surface area contributed by atoms with Crippen molar-refractivity contribution >= 4 is 17.6 Å². The molecule has 5 N–H and O–H groups in total. The third kappa shape index (κ3) is 8.71. The lowest BCUT2D eigenvalue weighted by atomic mass is 9.98. The average molecular weight is 415 g/mol. The summed E-state index contributed by atoms with van der Waals surface area (Å²) in [7, 11) is 1.96. The molecule has 7 heteroatoms. The molecule has 1 aromatic carbocycles. The van der Waals surface area contributed by atoms with Crippen LogP contribution in [-0.4, -0.2) is 43.4 Å². The quantitative estimate of drug-likeness (QED) is 0.224. The van der Waals surface area contributed by atoms with E-state index >= 15 is 0 Å². The third-order valence-corrected chi connectivity index (χ3v) is 5.83. The summed E-state index contributed by atoms with van der Waals surface area (Å²) < 4.78 is 3.28. The minimum Gasteiger partial charge on any atom is -0.400 e. The molecule has 1 aliphatic rings. The molecule has 6 nitrogen and oxygen atoms in total. The maximum absolute atomic E-state index is 8.87. The predicted octanol–water partition coefficient (Wildman–Crippen LogP) is 3.35. The van der Waals surface area contributed by atoms with Crippen molar-refractivity contribution in [3.8, 4) is 6.07 Å². The van der Waals surface area contributed by atoms with Crippen LogP contribution in [0.3, 0.4) is 0 Å². The number of hydrogen-bond donors (Lipinski definition) is 4. The van der Waals surface area contributed by atoms with Crippen molar-refractivity contribution in [3.05, 3.63) is 53.5 Å². The summed E-state index contributed by atoms with van der Waals surface area (Å²) in [6, 6.07) is 10.6. The Morgan fingerprint density at radius 1 is 1.38 bits per heavy atom. The molecule has 29 heavy (non-hydrogen) atoms. The predicted molar refractivity (Wildman–Crippen MR) is 124 cm³/mol. The average Bonchev–Trinajstić information content (AvgIpc) is 3.55. The van der Waals surface area contributed by atoms with Crippen molar-refractivity contribution in [3.63, 3.8) is 0 Å². The van der Waals surface area contributed by atoms with E-state index in [1.165, 1.54) is 18.4 Å². The number of hydrogen-bond acceptors (Lipinski definition) is 7. The van der Waals surface area contributed by atoms with Crippen molar-refractivity contribution < 1.29 is 0 Å². The van der Waals surface area contributed by atoms with E-state index in [0.717, 1.165) is 36.3 Å². The number of nitrogens with one attached hydrogen (secondary N) is 3. The zero-order chi connectivity index (χ0) is 21.1. The van der Waals surface area contributed by atoms with Gasteiger partial charge in [-0.05, 0) is 49.3 Å². The number of nitrogens with zero attached hydrogens (tertiary/aromatic N) is 2. The molecule has 1 unspecified atom stereocenters. The van der Waals surface area contributed by atoms with E-state index in [-0.39, 0.29) is 0 Å². The van der Waals surface area contributed by atoms with Gasteiger partial charge in [-0.1, -0.05) is 25.1 Å². The van der Waals surface area contributed by atoms with Gasteiger partial charge in [0, 0.05) is 67.8 Å². The van der Waals surface area contributed by atoms with Crippen LogP contribution in [0.4, 0.5) is 5.69 Å². The largest absolute Gasteiger partial charge is 0.400 e. The number of benzene rings is 1. The van der Waals surface area contributed by atoms with E-state index in [4.69, 9.17) is 11.0 Å². The molecule has 0 radical (unpaired) electrons. The highest BCUT2D eigenvalue weighted by Gasteiger charge is 2.21. The molecule has 1 saturated carbocycles. The molecule has 2 rings (SSSR count). The second kappa shape index (κ2) is 12.3. The van der Waals surface area contributed by atoms with Gasteiger partial charge < -0.3 is 21.1 Å². The van der Waals surface area contributed by atoms with Gasteiger partial charge in [0.25, 0.3) is 0 Å². The molecule has 0 aromatic heterocycles. The van der Waals surface area contributed by atoms with Crippen LogP contribution in [0.15, 0.2) is 47.9 Å². The Morgan fingerprint density at radius 3 is 2.83 bits per heavy atom. The van der Waals surface area contributed by atoms with Gasteiger partial charge in [-0.25, -0.2) is 0 Å². The van der Waals surface area contributed by atoms with Crippen molar-refractivity contribution in [1.82, 2.24) is 14.9 Å². The minimum atomic E-state index is 0.358. The van der Waals surface area contributed by atoms with Crippen LogP contribution in [0.1, 0.15) is 38.2 Å². The summed E-state index contributed by atoms with van der Waals surface area (Å²) in [5, 5.41) is 16.1. The second-order valence-corrected chi connectivity index (χ2v) is 8.66. The molecule has 0 heterocycles. The Hall–Kier alpha value is -2.30. The first-order chi connectivity index (χ1) is 14.0. The molecule has 0 bridgehead atoms. The monoisotopic (exact) mass is 414 g/mol. The van der Waals surface area contributed by atoms with E-state index in [2.05, 4.69) is 57.5 Å². The molecule has 0 saturated heterocycles. The van der Waals surface area contributed by atoms with Crippen LogP contribution in [0, 0.1) is 11.3 Å². The van der Waals surface area contributed by atoms with E-state index in [1.807, 2.05) is 13.2 Å². The third-order valence-electron chi connectivity index (χ3n) is 4.77. The number of anilines is 1. The first-order valence-corrected chi connectivity index (χ1v) is 11.1. The number of nitrogens with two attached hydrogens (primary N) is 1. The summed E-state index contributed by atoms with van der Waals surface area (Å²) in [5.74, 6) is 0.358. The van der Waals surface area contributed by atoms with Gasteiger partial charge in [-0.2, -0.15) is 5.26 Å². The Labute approximate surface area is 179 Å². The topological polar surface area (TPSA) is 89.1 Å². The van der Waals surface area contributed by atoms with Crippen LogP contribution in [0.25, 0.3) is 0 Å². The number of para-hydroxylation sites is 1. The molecule has 1 aliphatic carbocycles. The van der Waals surface area contributed by atoms with E-state index in [9.17, 15) is 0 Å². The number of rotatable bonds is 13. The lowest BCUT2D eigenvalue weighted by molar-refractivity contribution is 0.283. The lowest BCUT2D eigenvalue weighted by Crippen LogP contribution is -2.36. The van der Waals surface area contributed by atoms with Crippen LogP contribution < -0.4 is 21.1 Å². The maximum Gasteiger partial charge on any atom is 0.0959 e. The maximum atomic E-state index is 8.87. The fraction of sp³-hybridized carbons (Fsp3) is 0.500. The zero-order valence-electron chi connectivity index (χ0n) is 17.7. The van der Waals surface area contributed by atoms with Crippen LogP contribution >= 0.6 is 11.9 Å². The highest BCUT2D eigenvalue weighted by atomic mass is 32.2. The van der Waals surface area contributed by atoms with Gasteiger partial charge in [0.1, 0.15) is 0 Å². The Balaban J connectivity index is 1.96. The Kier molecular flexibility index (Phi) is 9.75. The van der Waals surface area contributed by atoms with Gasteiger partial charge in [0.05, 0.1) is 6.07 Å². The Morgan fingerprint density at radius 2 is 2.14 bits per heavy atom. The van der Waals surface area contributed by atoms with Crippen molar-refractivity contribution in [2.75, 3.05) is 38.5 Å². The van der Waals surface area contributed by atoms with Gasteiger partial charge in [-0.3, -0.25) is 4.90 Å². The molecule has 1 fully saturated rings. The molecule has 0 aliphatic heterocycles. The molecular weight excluding hydrogens is 380 g/mol. The van der Waals surface area contributed by atoms with E-state index in [0.29, 0.717) is 18.0 Å². The second-order valence-electron chi connectivity index (χ2n) is 7.52. The summed E-state index contributed by atoms with van der Waals surface area (Å²) in [6.45, 7) is 7.24. The minimum absolute atomic E-state index is 0.358. The standard InChI is InChI=1S/C22H34N6S/c1-17(12-23)13-26-10-11-28(16-19(24)14-27-29-20-8-9-20)15-18(2)21-6-4-5-7-22(21)25-3/h4-7,13-14,18,20,25-27H,8-11,15-16,24H2,1-3H3/b17-13-,19-14-. The SMILES string of the molecule is CNc1ccccc1C(C)CN(CCN/C=C(/C)C#N)C/C(N)=C/NSC1CC1. The first-order valence-electron chi connectivity index (χ1n) is 10.2. The molecular formula is C22H34N6S. The normalized spacial score (nSPS) is 15.7. The summed E-state index contributed by atoms with van der Waals surface area (Å²) in [4.78, 5) is 2.36. The molecule has 0 spiro atoms. The summed E-state index contributed by atoms with van der Waals surface area (Å²) in [6.07, 6.45) is 6.28. The molecule has 1 atom stereocenters. The van der Waals surface area contributed by atoms with Gasteiger partial charge in [0.2, 0.25) is 0 Å². The van der Waals surface area contributed by atoms with Crippen molar-refractivity contribution in [2.24, 2.45) is 5.73 Å². The van der Waals surface area contributed by atoms with Crippen molar-refractivity contribution in [2.45, 2.75) is 37.9 Å². The molecule has 0 amide bonds. The van der Waals surface area contributed by atoms with Gasteiger partial charge in [-0.15, -0.1) is 0 Å². The zero-order valence-corrected chi connectivity index (χ0v) is 18.6. The van der Waals surface area contributed by atoms with Gasteiger partial charge in [0.15, 0.2) is 0 Å². The van der Waals surface area contributed by atoms with Crippen molar-refractivity contribution in [1.29, 1.82) is 5.26 Å². The van der Waals surface area contributed by atoms with Crippen LogP contribution in [0.5, 0.6) is 0 Å². The summed E-state index contributed by atoms with van der Waals surface area (Å²) in [5.41, 5.74) is 10.3. The fourth-order valence-corrected chi connectivity index (χ4v) is 3.83. The van der Waals surface area contributed by atoms with Crippen LogP contribution in [-0.2, 0) is 0 Å². The highest BCUT2D eigenvalue weighted by Crippen LogP contribution is 2.31. The number of nitriles is 1. The number of allylic oxidation sites excluding steroid dienone is 1. The highest BCUT2D eigenvalue weighted by molar-refractivity contribution is 7.98.